The van der Waals surface area contributed by atoms with E-state index in [9.17, 15) is 27.6 Å². The molecule has 1 atom stereocenters. The van der Waals surface area contributed by atoms with E-state index in [0.717, 1.165) is 28.3 Å². The van der Waals surface area contributed by atoms with E-state index in [0.29, 0.717) is 30.5 Å². The summed E-state index contributed by atoms with van der Waals surface area (Å²) in [5.41, 5.74) is 1.70. The molecular weight excluding hydrogens is 410 g/mol. The van der Waals surface area contributed by atoms with Crippen LogP contribution in [0.2, 0.25) is 0 Å². The van der Waals surface area contributed by atoms with Crippen LogP contribution >= 0.6 is 0 Å². The highest BCUT2D eigenvalue weighted by Gasteiger charge is 2.48. The van der Waals surface area contributed by atoms with Crippen molar-refractivity contribution in [3.63, 3.8) is 0 Å². The van der Waals surface area contributed by atoms with Gasteiger partial charge in [0, 0.05) is 29.0 Å². The molecule has 2 aliphatic heterocycles. The lowest BCUT2D eigenvalue weighted by atomic mass is 10.1. The minimum atomic E-state index is -3.09. The second-order valence-corrected chi connectivity index (χ2v) is 10.7. The summed E-state index contributed by atoms with van der Waals surface area (Å²) in [6, 6.07) is 0.430. The zero-order valence-electron chi connectivity index (χ0n) is 17.1. The van der Waals surface area contributed by atoms with Crippen LogP contribution in [0.3, 0.4) is 0 Å². The Kier molecular flexibility index (Phi) is 5.08. The van der Waals surface area contributed by atoms with E-state index in [2.05, 4.69) is 0 Å². The van der Waals surface area contributed by atoms with E-state index in [-0.39, 0.29) is 23.6 Å². The number of hydrogen-bond acceptors (Lipinski definition) is 6. The van der Waals surface area contributed by atoms with Crippen molar-refractivity contribution in [1.82, 2.24) is 14.4 Å². The Morgan fingerprint density at radius 1 is 1.03 bits per heavy atom. The molecule has 0 aromatic carbocycles. The molecule has 3 heterocycles. The Morgan fingerprint density at radius 2 is 1.70 bits per heavy atom. The first-order valence-corrected chi connectivity index (χ1v) is 12.0. The van der Waals surface area contributed by atoms with Crippen molar-refractivity contribution in [3.8, 4) is 0 Å². The van der Waals surface area contributed by atoms with E-state index in [4.69, 9.17) is 0 Å². The highest BCUT2D eigenvalue weighted by molar-refractivity contribution is 7.91. The molecule has 9 nitrogen and oxygen atoms in total. The largest absolute Gasteiger partial charge is 0.344 e. The normalized spacial score (nSPS) is 24.5. The number of amides is 4. The Labute approximate surface area is 174 Å². The number of sulfone groups is 1. The van der Waals surface area contributed by atoms with Crippen LogP contribution in [0.5, 0.6) is 0 Å². The van der Waals surface area contributed by atoms with Gasteiger partial charge >= 0.3 is 17.8 Å². The molecule has 1 aliphatic carbocycles. The van der Waals surface area contributed by atoms with Gasteiger partial charge in [0.25, 0.3) is 0 Å². The maximum Gasteiger partial charge on any atom is 0.334 e. The number of rotatable bonds is 5. The van der Waals surface area contributed by atoms with Gasteiger partial charge in [-0.15, -0.1) is 0 Å². The van der Waals surface area contributed by atoms with E-state index in [1.807, 2.05) is 4.57 Å². The first-order valence-electron chi connectivity index (χ1n) is 10.2. The van der Waals surface area contributed by atoms with Crippen molar-refractivity contribution in [2.24, 2.45) is 0 Å². The first-order chi connectivity index (χ1) is 14.1. The molecule has 0 N–H and O–H groups in total. The number of imide groups is 2. The molecule has 0 spiro atoms. The molecule has 3 aliphatic rings. The molecule has 0 bridgehead atoms. The Bertz CT molecular complexity index is 1050. The van der Waals surface area contributed by atoms with Crippen molar-refractivity contribution >= 4 is 33.5 Å². The lowest BCUT2D eigenvalue weighted by Gasteiger charge is -2.20. The molecule has 1 aromatic rings. The fourth-order valence-electron chi connectivity index (χ4n) is 4.98. The van der Waals surface area contributed by atoms with Crippen molar-refractivity contribution < 1.29 is 27.6 Å². The molecule has 4 amide bonds. The number of Topliss-reactive ketones (excluding diaryl/α,β-unsaturated/α-hetero) is 1. The number of aromatic nitrogens is 1. The fraction of sp³-hybridized carbons (Fsp3) is 0.600. The van der Waals surface area contributed by atoms with Crippen LogP contribution < -0.4 is 0 Å². The smallest absolute Gasteiger partial charge is 0.334 e. The van der Waals surface area contributed by atoms with E-state index in [1.165, 1.54) is 0 Å². The number of aryl methyl sites for hydroxylation is 1. The van der Waals surface area contributed by atoms with Crippen LogP contribution in [0.4, 0.5) is 4.79 Å². The van der Waals surface area contributed by atoms with Crippen LogP contribution in [-0.2, 0) is 19.4 Å². The highest BCUT2D eigenvalue weighted by atomic mass is 32.2. The second-order valence-electron chi connectivity index (χ2n) is 8.42. The second kappa shape index (κ2) is 7.33. The Hall–Kier alpha value is -2.49. The molecule has 1 saturated carbocycles. The molecule has 30 heavy (non-hydrogen) atoms. The Balaban J connectivity index is 1.54. The zero-order valence-corrected chi connectivity index (χ0v) is 17.9. The van der Waals surface area contributed by atoms with Gasteiger partial charge in [0.15, 0.2) is 15.6 Å². The quantitative estimate of drug-likeness (QED) is 0.392. The summed E-state index contributed by atoms with van der Waals surface area (Å²) < 4.78 is 25.6. The summed E-state index contributed by atoms with van der Waals surface area (Å²) >= 11 is 0. The number of carbonyl (C=O) groups excluding carboxylic acids is 4. The van der Waals surface area contributed by atoms with Gasteiger partial charge in [-0.1, -0.05) is 12.8 Å². The van der Waals surface area contributed by atoms with Crippen molar-refractivity contribution in [2.45, 2.75) is 58.0 Å². The molecule has 0 radical (unpaired) electrons. The lowest BCUT2D eigenvalue weighted by molar-refractivity contribution is -0.143. The predicted molar refractivity (Wildman–Crippen MR) is 107 cm³/mol. The third kappa shape index (κ3) is 3.36. The molecule has 10 heteroatoms. The summed E-state index contributed by atoms with van der Waals surface area (Å²) in [5.74, 6) is -2.12. The third-order valence-corrected chi connectivity index (χ3v) is 8.18. The van der Waals surface area contributed by atoms with Gasteiger partial charge in [-0.3, -0.25) is 19.3 Å². The molecule has 162 valence electrons. The molecule has 1 aromatic heterocycles. The average molecular weight is 436 g/mol. The summed E-state index contributed by atoms with van der Waals surface area (Å²) in [7, 11) is -3.09. The van der Waals surface area contributed by atoms with Crippen LogP contribution in [-0.4, -0.2) is 70.5 Å². The monoisotopic (exact) mass is 435 g/mol. The number of nitrogens with zero attached hydrogens (tertiary/aromatic N) is 3. The molecule has 1 unspecified atom stereocenters. The topological polar surface area (TPSA) is 114 Å². The summed E-state index contributed by atoms with van der Waals surface area (Å²) in [6.45, 7) is 3.03. The van der Waals surface area contributed by atoms with Crippen molar-refractivity contribution in [1.29, 1.82) is 0 Å². The van der Waals surface area contributed by atoms with Gasteiger partial charge in [0.2, 0.25) is 0 Å². The van der Waals surface area contributed by atoms with Gasteiger partial charge in [0.1, 0.15) is 0 Å². The van der Waals surface area contributed by atoms with E-state index >= 15 is 0 Å². The van der Waals surface area contributed by atoms with Crippen LogP contribution in [0.15, 0.2) is 6.07 Å². The number of ketones is 1. The molecular formula is C20H25N3O6S. The number of carbonyl (C=O) groups is 4. The molecule has 4 rings (SSSR count). The fourth-order valence-corrected chi connectivity index (χ4v) is 6.68. The van der Waals surface area contributed by atoms with Crippen molar-refractivity contribution in [2.75, 3.05) is 18.1 Å². The van der Waals surface area contributed by atoms with Crippen LogP contribution in [0.25, 0.3) is 0 Å². The van der Waals surface area contributed by atoms with Gasteiger partial charge in [-0.2, -0.15) is 0 Å². The third-order valence-electron chi connectivity index (χ3n) is 6.43. The lowest BCUT2D eigenvalue weighted by Crippen LogP contribution is -2.41. The standard InChI is InChI=1S/C20H25N3O6S/c1-12-9-16(13(2)22(12)15-7-8-30(28,29)11-15)17(24)10-21-18(25)19(26)23(20(21)27)14-5-3-4-6-14/h9,14-15H,3-8,10-11H2,1-2H3. The van der Waals surface area contributed by atoms with Gasteiger partial charge in [-0.25, -0.2) is 18.1 Å². The maximum absolute atomic E-state index is 12.9. The predicted octanol–water partition coefficient (Wildman–Crippen LogP) is 1.38. The summed E-state index contributed by atoms with van der Waals surface area (Å²) in [5, 5.41) is 0. The summed E-state index contributed by atoms with van der Waals surface area (Å²) in [4.78, 5) is 52.1. The van der Waals surface area contributed by atoms with E-state index < -0.39 is 40.0 Å². The van der Waals surface area contributed by atoms with Crippen LogP contribution in [0.1, 0.15) is 59.9 Å². The zero-order chi connectivity index (χ0) is 21.8. The number of hydrogen-bond donors (Lipinski definition) is 0. The summed E-state index contributed by atoms with van der Waals surface area (Å²) in [6.07, 6.45) is 3.64. The van der Waals surface area contributed by atoms with Crippen LogP contribution in [0, 0.1) is 13.8 Å². The SMILES string of the molecule is Cc1cc(C(=O)CN2C(=O)C(=O)N(C3CCCC3)C2=O)c(C)n1C1CCS(=O)(=O)C1. The van der Waals surface area contributed by atoms with Gasteiger partial charge < -0.3 is 4.57 Å². The average Bonchev–Trinajstić information content (AvgIpc) is 3.41. The van der Waals surface area contributed by atoms with E-state index in [1.54, 1.807) is 19.9 Å². The first kappa shape index (κ1) is 20.8. The highest BCUT2D eigenvalue weighted by Crippen LogP contribution is 2.30. The molecule has 3 fully saturated rings. The minimum absolute atomic E-state index is 0.0327. The maximum atomic E-state index is 12.9. The Morgan fingerprint density at radius 3 is 2.30 bits per heavy atom. The number of urea groups is 1. The minimum Gasteiger partial charge on any atom is -0.344 e. The molecule has 2 saturated heterocycles. The van der Waals surface area contributed by atoms with Gasteiger partial charge in [-0.05, 0) is 39.2 Å². The van der Waals surface area contributed by atoms with Crippen molar-refractivity contribution in [3.05, 3.63) is 23.0 Å². The van der Waals surface area contributed by atoms with Gasteiger partial charge in [0.05, 0.1) is 18.1 Å².